The van der Waals surface area contributed by atoms with Crippen molar-refractivity contribution in [2.75, 3.05) is 4.90 Å². The van der Waals surface area contributed by atoms with Crippen molar-refractivity contribution >= 4 is 60.5 Å². The van der Waals surface area contributed by atoms with Crippen LogP contribution in [0.15, 0.2) is 229 Å². The summed E-state index contributed by atoms with van der Waals surface area (Å²) in [5, 5.41) is 6.42. The number of para-hydroxylation sites is 2. The molecule has 0 aliphatic heterocycles. The molecule has 272 valence electrons. The first-order chi connectivity index (χ1) is 30.4. The molecule has 1 aromatic heterocycles. The summed E-state index contributed by atoms with van der Waals surface area (Å²) in [6.45, 7) is 0. The predicted molar refractivity (Wildman–Crippen MR) is 245 cm³/mol. The van der Waals surface area contributed by atoms with Gasteiger partial charge >= 0.3 is 0 Å². The molecule has 0 saturated heterocycles. The second kappa shape index (κ2) is 14.1. The Balaban J connectivity index is 1.07. The SMILES string of the molecule is [2H]c1c([2H])c(N(c2ccc(-c3ccccc3)cc2)c2ccccc2-c2ccc3ccc4c5ccccc5oc4c3c2)c([2H])c([2H])c1-c1ccc(-c2cccc3ccccc23)cc1. The van der Waals surface area contributed by atoms with Crippen molar-refractivity contribution in [3.8, 4) is 44.5 Å². The summed E-state index contributed by atoms with van der Waals surface area (Å²) in [7, 11) is 0. The first kappa shape index (κ1) is 29.6. The maximum Gasteiger partial charge on any atom is 0.143 e. The van der Waals surface area contributed by atoms with Gasteiger partial charge in [-0.3, -0.25) is 0 Å². The lowest BCUT2D eigenvalue weighted by Gasteiger charge is -2.28. The fourth-order valence-electron chi connectivity index (χ4n) is 8.26. The van der Waals surface area contributed by atoms with Gasteiger partial charge in [0.1, 0.15) is 11.2 Å². The van der Waals surface area contributed by atoms with Crippen LogP contribution in [0, 0.1) is 0 Å². The van der Waals surface area contributed by atoms with Crippen LogP contribution in [0.25, 0.3) is 88.0 Å². The van der Waals surface area contributed by atoms with E-state index in [-0.39, 0.29) is 35.4 Å². The Kier molecular flexibility index (Phi) is 7.20. The van der Waals surface area contributed by atoms with E-state index in [0.29, 0.717) is 16.9 Å². The van der Waals surface area contributed by atoms with E-state index >= 15 is 0 Å². The summed E-state index contributed by atoms with van der Waals surface area (Å²) in [5.74, 6) is 0. The Hall–Kier alpha value is -7.68. The van der Waals surface area contributed by atoms with E-state index in [4.69, 9.17) is 4.42 Å². The first-order valence-electron chi connectivity index (χ1n) is 21.5. The van der Waals surface area contributed by atoms with Crippen LogP contribution in [0.2, 0.25) is 0 Å². The second-order valence-corrected chi connectivity index (χ2v) is 14.6. The number of hydrogen-bond donors (Lipinski definition) is 0. The van der Waals surface area contributed by atoms with Crippen molar-refractivity contribution in [3.63, 3.8) is 0 Å². The fourth-order valence-corrected chi connectivity index (χ4v) is 8.26. The number of rotatable bonds is 7. The Morgan fingerprint density at radius 2 is 0.931 bits per heavy atom. The minimum absolute atomic E-state index is 0.111. The molecule has 58 heavy (non-hydrogen) atoms. The zero-order chi connectivity index (χ0) is 41.9. The molecular formula is C56H37NO. The van der Waals surface area contributed by atoms with Crippen LogP contribution < -0.4 is 4.90 Å². The lowest BCUT2D eigenvalue weighted by atomic mass is 9.96. The van der Waals surface area contributed by atoms with Gasteiger partial charge in [-0.05, 0) is 104 Å². The van der Waals surface area contributed by atoms with Gasteiger partial charge in [-0.25, -0.2) is 0 Å². The molecule has 0 bridgehead atoms. The molecule has 0 aliphatic rings. The van der Waals surface area contributed by atoms with Crippen LogP contribution in [0.4, 0.5) is 17.1 Å². The largest absolute Gasteiger partial charge is 0.455 e. The maximum absolute atomic E-state index is 9.68. The average molecular weight is 744 g/mol. The van der Waals surface area contributed by atoms with Gasteiger partial charge in [0.25, 0.3) is 0 Å². The van der Waals surface area contributed by atoms with Crippen LogP contribution in [-0.2, 0) is 0 Å². The third kappa shape index (κ3) is 5.91. The quantitative estimate of drug-likeness (QED) is 0.162. The molecule has 0 amide bonds. The molecule has 10 aromatic carbocycles. The van der Waals surface area contributed by atoms with Gasteiger partial charge in [-0.2, -0.15) is 0 Å². The predicted octanol–water partition coefficient (Wildman–Crippen LogP) is 16.0. The van der Waals surface area contributed by atoms with Crippen LogP contribution in [0.3, 0.4) is 0 Å². The van der Waals surface area contributed by atoms with Crippen LogP contribution in [-0.4, -0.2) is 0 Å². The highest BCUT2D eigenvalue weighted by molar-refractivity contribution is 6.15. The topological polar surface area (TPSA) is 16.4 Å². The minimum atomic E-state index is -0.136. The van der Waals surface area contributed by atoms with Gasteiger partial charge in [-0.15, -0.1) is 0 Å². The summed E-state index contributed by atoms with van der Waals surface area (Å²) in [5.41, 5.74) is 10.1. The van der Waals surface area contributed by atoms with Crippen molar-refractivity contribution in [3.05, 3.63) is 224 Å². The summed E-state index contributed by atoms with van der Waals surface area (Å²) in [6, 6.07) is 66.6. The summed E-state index contributed by atoms with van der Waals surface area (Å²) < 4.78 is 44.8. The number of anilines is 3. The number of fused-ring (bicyclic) bond motifs is 6. The molecule has 0 radical (unpaired) electrons. The lowest BCUT2D eigenvalue weighted by molar-refractivity contribution is 0.672. The van der Waals surface area contributed by atoms with Crippen molar-refractivity contribution < 1.29 is 9.90 Å². The summed E-state index contributed by atoms with van der Waals surface area (Å²) in [4.78, 5) is 1.88. The Bertz CT molecular complexity index is 3470. The van der Waals surface area contributed by atoms with Crippen molar-refractivity contribution in [2.24, 2.45) is 0 Å². The molecule has 0 N–H and O–H groups in total. The lowest BCUT2D eigenvalue weighted by Crippen LogP contribution is -2.11. The summed E-state index contributed by atoms with van der Waals surface area (Å²) >= 11 is 0. The van der Waals surface area contributed by atoms with E-state index in [1.807, 2.05) is 132 Å². The van der Waals surface area contributed by atoms with E-state index in [1.54, 1.807) is 0 Å². The second-order valence-electron chi connectivity index (χ2n) is 14.6. The third-order valence-electron chi connectivity index (χ3n) is 11.2. The zero-order valence-corrected chi connectivity index (χ0v) is 31.4. The van der Waals surface area contributed by atoms with E-state index in [2.05, 4.69) is 72.8 Å². The highest BCUT2D eigenvalue weighted by Crippen LogP contribution is 2.43. The van der Waals surface area contributed by atoms with E-state index in [1.165, 1.54) is 0 Å². The fraction of sp³-hybridized carbons (Fsp3) is 0. The minimum Gasteiger partial charge on any atom is -0.455 e. The van der Waals surface area contributed by atoms with Gasteiger partial charge in [0.2, 0.25) is 0 Å². The van der Waals surface area contributed by atoms with Crippen molar-refractivity contribution in [1.82, 2.24) is 0 Å². The van der Waals surface area contributed by atoms with E-state index < -0.39 is 0 Å². The van der Waals surface area contributed by atoms with Gasteiger partial charge in [0.15, 0.2) is 0 Å². The number of nitrogens with zero attached hydrogens (tertiary/aromatic N) is 1. The molecule has 11 aromatic rings. The molecule has 0 saturated carbocycles. The summed E-state index contributed by atoms with van der Waals surface area (Å²) in [6.07, 6.45) is 0. The molecule has 1 heterocycles. The molecule has 0 aliphatic carbocycles. The molecule has 0 spiro atoms. The molecule has 0 atom stereocenters. The van der Waals surface area contributed by atoms with Crippen molar-refractivity contribution in [1.29, 1.82) is 0 Å². The zero-order valence-electron chi connectivity index (χ0n) is 35.4. The molecule has 2 nitrogen and oxygen atoms in total. The number of benzene rings is 10. The first-order valence-corrected chi connectivity index (χ1v) is 19.5. The smallest absolute Gasteiger partial charge is 0.143 e. The standard InChI is InChI=1S/C56H37NO/c1-2-11-38(12-3-1)40-27-32-46(33-28-40)57(47-34-29-41(30-35-47)39-21-23-43(24-22-39)49-18-10-14-42-13-4-5-15-48(42)49)54-19-8-6-16-50(54)45-26-25-44-31-36-52-51-17-7-9-20-55(51)58-56(52)53(44)37-45/h1-37H/i29D,30D,34D,35D. The third-order valence-corrected chi connectivity index (χ3v) is 11.2. The molecule has 11 rings (SSSR count). The molecular weight excluding hydrogens is 703 g/mol. The Labute approximate surface area is 343 Å². The molecule has 0 unspecified atom stereocenters. The molecule has 2 heteroatoms. The Morgan fingerprint density at radius 1 is 0.345 bits per heavy atom. The highest BCUT2D eigenvalue weighted by atomic mass is 16.3. The van der Waals surface area contributed by atoms with Gasteiger partial charge < -0.3 is 9.32 Å². The molecule has 0 fully saturated rings. The average Bonchev–Trinajstić information content (AvgIpc) is 3.72. The van der Waals surface area contributed by atoms with E-state index in [9.17, 15) is 5.48 Å². The van der Waals surface area contributed by atoms with Gasteiger partial charge in [0, 0.05) is 33.1 Å². The van der Waals surface area contributed by atoms with Crippen LogP contribution >= 0.6 is 0 Å². The van der Waals surface area contributed by atoms with Crippen molar-refractivity contribution in [2.45, 2.75) is 0 Å². The van der Waals surface area contributed by atoms with Crippen LogP contribution in [0.1, 0.15) is 5.48 Å². The number of furan rings is 1. The normalized spacial score (nSPS) is 12.4. The number of hydrogen-bond acceptors (Lipinski definition) is 2. The monoisotopic (exact) mass is 743 g/mol. The van der Waals surface area contributed by atoms with Gasteiger partial charge in [-0.1, -0.05) is 176 Å². The Morgan fingerprint density at radius 3 is 1.78 bits per heavy atom. The van der Waals surface area contributed by atoms with E-state index in [0.717, 1.165) is 76.9 Å². The van der Waals surface area contributed by atoms with Gasteiger partial charge in [0.05, 0.1) is 11.2 Å². The van der Waals surface area contributed by atoms with Crippen LogP contribution in [0.5, 0.6) is 0 Å². The highest BCUT2D eigenvalue weighted by Gasteiger charge is 2.19. The maximum atomic E-state index is 9.68.